The number of pyridine rings is 1. The largest absolute Gasteiger partial charge is 0.471 e. The van der Waals surface area contributed by atoms with Crippen LogP contribution in [0.5, 0.6) is 5.88 Å². The maximum absolute atomic E-state index is 13.2. The number of benzene rings is 2. The highest BCUT2D eigenvalue weighted by Gasteiger charge is 2.18. The van der Waals surface area contributed by atoms with Gasteiger partial charge in [-0.05, 0) is 55.7 Å². The van der Waals surface area contributed by atoms with Crippen LogP contribution in [0.25, 0.3) is 10.9 Å². The van der Waals surface area contributed by atoms with Gasteiger partial charge < -0.3 is 9.30 Å². The van der Waals surface area contributed by atoms with E-state index in [9.17, 15) is 4.39 Å². The van der Waals surface area contributed by atoms with Gasteiger partial charge in [0, 0.05) is 17.6 Å². The van der Waals surface area contributed by atoms with E-state index in [1.807, 2.05) is 6.07 Å². The number of fused-ring (bicyclic) bond motifs is 1. The van der Waals surface area contributed by atoms with E-state index in [0.29, 0.717) is 17.6 Å². The van der Waals surface area contributed by atoms with Gasteiger partial charge in [0.15, 0.2) is 0 Å². The van der Waals surface area contributed by atoms with Crippen molar-refractivity contribution in [1.29, 1.82) is 0 Å². The SMILES string of the molecule is Cc1ccc(Cn2c(C)c(C)c3cc(Cl)nc(OCc4ccc(F)cc4)c32)cc1. The highest BCUT2D eigenvalue weighted by Crippen LogP contribution is 2.34. The Bertz CT molecular complexity index is 1160. The van der Waals surface area contributed by atoms with E-state index in [1.165, 1.54) is 23.3 Å². The monoisotopic (exact) mass is 408 g/mol. The summed E-state index contributed by atoms with van der Waals surface area (Å²) >= 11 is 6.29. The summed E-state index contributed by atoms with van der Waals surface area (Å²) in [7, 11) is 0. The molecule has 0 saturated heterocycles. The molecule has 0 aliphatic rings. The van der Waals surface area contributed by atoms with Crippen LogP contribution in [-0.4, -0.2) is 9.55 Å². The molecule has 2 aromatic carbocycles. The van der Waals surface area contributed by atoms with Crippen molar-refractivity contribution < 1.29 is 9.13 Å². The first-order chi connectivity index (χ1) is 13.9. The molecule has 0 fully saturated rings. The fourth-order valence-corrected chi connectivity index (χ4v) is 3.69. The van der Waals surface area contributed by atoms with Gasteiger partial charge in [0.1, 0.15) is 23.1 Å². The average Bonchev–Trinajstić information content (AvgIpc) is 2.94. The minimum atomic E-state index is -0.268. The summed E-state index contributed by atoms with van der Waals surface area (Å²) in [6, 6.07) is 16.7. The summed E-state index contributed by atoms with van der Waals surface area (Å²) in [6.07, 6.45) is 0. The maximum atomic E-state index is 13.2. The first-order valence-electron chi connectivity index (χ1n) is 9.51. The molecule has 5 heteroatoms. The molecule has 0 aliphatic heterocycles. The lowest BCUT2D eigenvalue weighted by atomic mass is 10.1. The van der Waals surface area contributed by atoms with Crippen molar-refractivity contribution in [1.82, 2.24) is 9.55 Å². The van der Waals surface area contributed by atoms with Gasteiger partial charge in [-0.2, -0.15) is 4.98 Å². The Morgan fingerprint density at radius 2 is 1.62 bits per heavy atom. The third kappa shape index (κ3) is 3.99. The molecule has 0 amide bonds. The molecule has 0 unspecified atom stereocenters. The van der Waals surface area contributed by atoms with Crippen LogP contribution in [0.4, 0.5) is 4.39 Å². The van der Waals surface area contributed by atoms with Crippen molar-refractivity contribution in [3.63, 3.8) is 0 Å². The van der Waals surface area contributed by atoms with Crippen molar-refractivity contribution in [2.45, 2.75) is 33.9 Å². The lowest BCUT2D eigenvalue weighted by Crippen LogP contribution is -2.05. The molecule has 0 aliphatic carbocycles. The van der Waals surface area contributed by atoms with Crippen LogP contribution in [0, 0.1) is 26.6 Å². The molecule has 4 rings (SSSR count). The molecule has 29 heavy (non-hydrogen) atoms. The topological polar surface area (TPSA) is 27.1 Å². The molecule has 0 radical (unpaired) electrons. The van der Waals surface area contributed by atoms with Crippen molar-refractivity contribution >= 4 is 22.5 Å². The molecule has 2 aromatic heterocycles. The Morgan fingerprint density at radius 3 is 2.31 bits per heavy atom. The van der Waals surface area contributed by atoms with Crippen LogP contribution < -0.4 is 4.74 Å². The molecule has 148 valence electrons. The Morgan fingerprint density at radius 1 is 0.966 bits per heavy atom. The number of halogens is 2. The number of aryl methyl sites for hydroxylation is 2. The number of aromatic nitrogens is 2. The Balaban J connectivity index is 1.75. The third-order valence-electron chi connectivity index (χ3n) is 5.30. The number of rotatable bonds is 5. The van der Waals surface area contributed by atoms with E-state index >= 15 is 0 Å². The second kappa shape index (κ2) is 7.88. The normalized spacial score (nSPS) is 11.2. The molecule has 2 heterocycles. The Labute approximate surface area is 174 Å². The third-order valence-corrected chi connectivity index (χ3v) is 5.49. The Hall–Kier alpha value is -2.85. The molecule has 0 saturated carbocycles. The van der Waals surface area contributed by atoms with Gasteiger partial charge in [0.25, 0.3) is 0 Å². The van der Waals surface area contributed by atoms with Crippen LogP contribution >= 0.6 is 11.6 Å². The fourth-order valence-electron chi connectivity index (χ4n) is 3.50. The lowest BCUT2D eigenvalue weighted by molar-refractivity contribution is 0.296. The number of hydrogen-bond donors (Lipinski definition) is 0. The minimum Gasteiger partial charge on any atom is -0.471 e. The first kappa shape index (κ1) is 19.5. The van der Waals surface area contributed by atoms with Crippen LogP contribution in [0.1, 0.15) is 27.9 Å². The molecule has 0 N–H and O–H groups in total. The first-order valence-corrected chi connectivity index (χ1v) is 9.89. The smallest absolute Gasteiger partial charge is 0.240 e. The summed E-state index contributed by atoms with van der Waals surface area (Å²) in [6.45, 7) is 7.27. The summed E-state index contributed by atoms with van der Waals surface area (Å²) in [5, 5.41) is 1.42. The molecular formula is C24H22ClFN2O. The lowest BCUT2D eigenvalue weighted by Gasteiger charge is -2.13. The molecule has 0 spiro atoms. The highest BCUT2D eigenvalue weighted by molar-refractivity contribution is 6.30. The number of nitrogens with zero attached hydrogens (tertiary/aromatic N) is 2. The van der Waals surface area contributed by atoms with Gasteiger partial charge in [-0.3, -0.25) is 0 Å². The summed E-state index contributed by atoms with van der Waals surface area (Å²) in [4.78, 5) is 4.45. The molecule has 4 aromatic rings. The van der Waals surface area contributed by atoms with Crippen molar-refractivity contribution in [2.75, 3.05) is 0 Å². The van der Waals surface area contributed by atoms with Gasteiger partial charge in [0.05, 0.1) is 0 Å². The summed E-state index contributed by atoms with van der Waals surface area (Å²) < 4.78 is 21.4. The summed E-state index contributed by atoms with van der Waals surface area (Å²) in [5.41, 5.74) is 6.53. The van der Waals surface area contributed by atoms with Gasteiger partial charge in [-0.15, -0.1) is 0 Å². The van der Waals surface area contributed by atoms with E-state index < -0.39 is 0 Å². The van der Waals surface area contributed by atoms with Crippen LogP contribution in [0.15, 0.2) is 54.6 Å². The molecule has 0 atom stereocenters. The zero-order chi connectivity index (χ0) is 20.5. The van der Waals surface area contributed by atoms with E-state index in [-0.39, 0.29) is 12.4 Å². The van der Waals surface area contributed by atoms with E-state index in [4.69, 9.17) is 16.3 Å². The molecular weight excluding hydrogens is 387 g/mol. The van der Waals surface area contributed by atoms with Gasteiger partial charge in [0.2, 0.25) is 5.88 Å². The summed E-state index contributed by atoms with van der Waals surface area (Å²) in [5.74, 6) is 0.218. The zero-order valence-electron chi connectivity index (χ0n) is 16.7. The maximum Gasteiger partial charge on any atom is 0.240 e. The minimum absolute atomic E-state index is 0.268. The Kier molecular flexibility index (Phi) is 5.29. The quantitative estimate of drug-likeness (QED) is 0.358. The fraction of sp³-hybridized carbons (Fsp3) is 0.208. The molecule has 0 bridgehead atoms. The van der Waals surface area contributed by atoms with Crippen LogP contribution in [0.3, 0.4) is 0 Å². The predicted octanol–water partition coefficient (Wildman–Crippen LogP) is 6.38. The molecule has 3 nitrogen and oxygen atoms in total. The van der Waals surface area contributed by atoms with Crippen molar-refractivity contribution in [3.8, 4) is 5.88 Å². The highest BCUT2D eigenvalue weighted by atomic mass is 35.5. The van der Waals surface area contributed by atoms with E-state index in [2.05, 4.69) is 54.6 Å². The second-order valence-electron chi connectivity index (χ2n) is 7.34. The van der Waals surface area contributed by atoms with Crippen LogP contribution in [-0.2, 0) is 13.2 Å². The number of ether oxygens (including phenoxy) is 1. The second-order valence-corrected chi connectivity index (χ2v) is 7.73. The van der Waals surface area contributed by atoms with E-state index in [0.717, 1.165) is 27.7 Å². The predicted molar refractivity (Wildman–Crippen MR) is 115 cm³/mol. The standard InChI is InChI=1S/C24H22ClFN2O/c1-15-4-6-18(7-5-15)13-28-17(3)16(2)21-12-22(25)27-24(23(21)28)29-14-19-8-10-20(26)11-9-19/h4-12H,13-14H2,1-3H3. The average molecular weight is 409 g/mol. The van der Waals surface area contributed by atoms with Gasteiger partial charge in [-0.1, -0.05) is 53.6 Å². The van der Waals surface area contributed by atoms with Gasteiger partial charge in [-0.25, -0.2) is 4.39 Å². The zero-order valence-corrected chi connectivity index (χ0v) is 17.4. The number of hydrogen-bond acceptors (Lipinski definition) is 2. The van der Waals surface area contributed by atoms with Gasteiger partial charge >= 0.3 is 0 Å². The van der Waals surface area contributed by atoms with Crippen molar-refractivity contribution in [3.05, 3.63) is 93.5 Å². The van der Waals surface area contributed by atoms with Crippen LogP contribution in [0.2, 0.25) is 5.15 Å². The van der Waals surface area contributed by atoms with E-state index in [1.54, 1.807) is 12.1 Å². The van der Waals surface area contributed by atoms with Crippen molar-refractivity contribution in [2.24, 2.45) is 0 Å².